The van der Waals surface area contributed by atoms with Crippen molar-refractivity contribution in [3.63, 3.8) is 0 Å². The highest BCUT2D eigenvalue weighted by atomic mass is 16.5. The summed E-state index contributed by atoms with van der Waals surface area (Å²) in [5.41, 5.74) is 0.228. The van der Waals surface area contributed by atoms with Crippen LogP contribution < -0.4 is 21.0 Å². The fraction of sp³-hybridized carbons (Fsp3) is 0.267. The van der Waals surface area contributed by atoms with Gasteiger partial charge in [-0.25, -0.2) is 4.79 Å². The first kappa shape index (κ1) is 15.6. The lowest BCUT2D eigenvalue weighted by molar-refractivity contribution is 0.414. The molecular formula is C15H18N4O3. The highest BCUT2D eigenvalue weighted by Crippen LogP contribution is 2.11. The van der Waals surface area contributed by atoms with Crippen molar-refractivity contribution in [2.24, 2.45) is 12.1 Å². The average Bonchev–Trinajstić information content (AvgIpc) is 2.52. The highest BCUT2D eigenvalue weighted by molar-refractivity contribution is 5.63. The second kappa shape index (κ2) is 6.75. The van der Waals surface area contributed by atoms with Crippen molar-refractivity contribution in [1.82, 2.24) is 9.55 Å². The molecule has 0 aliphatic heterocycles. The summed E-state index contributed by atoms with van der Waals surface area (Å²) in [6.45, 7) is 0. The van der Waals surface area contributed by atoms with Gasteiger partial charge in [-0.05, 0) is 17.7 Å². The number of benzene rings is 1. The zero-order valence-corrected chi connectivity index (χ0v) is 12.7. The SMILES string of the molecule is COc1ccc(CC=NN(C)c2cc(=O)n(C)c(=O)[nH]2)cc1. The van der Waals surface area contributed by atoms with Crippen LogP contribution in [0.1, 0.15) is 5.56 Å². The van der Waals surface area contributed by atoms with Crippen LogP contribution in [0.15, 0.2) is 45.0 Å². The van der Waals surface area contributed by atoms with Gasteiger partial charge in [0.2, 0.25) is 0 Å². The first-order valence-electron chi connectivity index (χ1n) is 6.70. The van der Waals surface area contributed by atoms with Gasteiger partial charge in [0.15, 0.2) is 0 Å². The van der Waals surface area contributed by atoms with Crippen molar-refractivity contribution in [3.05, 3.63) is 56.7 Å². The van der Waals surface area contributed by atoms with Crippen molar-refractivity contribution in [1.29, 1.82) is 0 Å². The van der Waals surface area contributed by atoms with Gasteiger partial charge in [0.1, 0.15) is 11.6 Å². The number of anilines is 1. The van der Waals surface area contributed by atoms with E-state index < -0.39 is 5.69 Å². The summed E-state index contributed by atoms with van der Waals surface area (Å²) in [5.74, 6) is 1.15. The van der Waals surface area contributed by atoms with Crippen molar-refractivity contribution >= 4 is 12.0 Å². The average molecular weight is 302 g/mol. The minimum Gasteiger partial charge on any atom is -0.497 e. The second-order valence-corrected chi connectivity index (χ2v) is 4.73. The largest absolute Gasteiger partial charge is 0.497 e. The number of aromatic nitrogens is 2. The molecule has 0 atom stereocenters. The maximum atomic E-state index is 11.6. The molecule has 2 rings (SSSR count). The third-order valence-corrected chi connectivity index (χ3v) is 3.22. The molecule has 116 valence electrons. The molecular weight excluding hydrogens is 284 g/mol. The second-order valence-electron chi connectivity index (χ2n) is 4.73. The van der Waals surface area contributed by atoms with Crippen molar-refractivity contribution < 1.29 is 4.74 Å². The van der Waals surface area contributed by atoms with Crippen LogP contribution in [0.5, 0.6) is 5.75 Å². The number of ether oxygens (including phenoxy) is 1. The Balaban J connectivity index is 2.06. The zero-order valence-electron chi connectivity index (χ0n) is 12.7. The molecule has 0 aliphatic rings. The van der Waals surface area contributed by atoms with Gasteiger partial charge < -0.3 is 4.74 Å². The monoisotopic (exact) mass is 302 g/mol. The fourth-order valence-corrected chi connectivity index (χ4v) is 1.81. The Morgan fingerprint density at radius 1 is 1.32 bits per heavy atom. The van der Waals surface area contributed by atoms with Gasteiger partial charge in [-0.2, -0.15) is 5.10 Å². The maximum absolute atomic E-state index is 11.6. The topological polar surface area (TPSA) is 79.7 Å². The molecule has 1 heterocycles. The Labute approximate surface area is 127 Å². The minimum absolute atomic E-state index is 0.346. The van der Waals surface area contributed by atoms with E-state index in [0.29, 0.717) is 12.2 Å². The molecule has 0 unspecified atom stereocenters. The lowest BCUT2D eigenvalue weighted by Gasteiger charge is -2.12. The number of aromatic amines is 1. The van der Waals surface area contributed by atoms with Crippen LogP contribution in [0.3, 0.4) is 0 Å². The van der Waals surface area contributed by atoms with Crippen LogP contribution in [-0.2, 0) is 13.5 Å². The number of hydrogen-bond acceptors (Lipinski definition) is 5. The summed E-state index contributed by atoms with van der Waals surface area (Å²) in [4.78, 5) is 25.7. The van der Waals surface area contributed by atoms with Crippen molar-refractivity contribution in [2.75, 3.05) is 19.2 Å². The summed E-state index contributed by atoms with van der Waals surface area (Å²) in [6.07, 6.45) is 2.33. The predicted octanol–water partition coefficient (Wildman–Crippen LogP) is 0.747. The molecule has 2 aromatic rings. The lowest BCUT2D eigenvalue weighted by atomic mass is 10.2. The lowest BCUT2D eigenvalue weighted by Crippen LogP contribution is -2.33. The number of nitrogens with zero attached hydrogens (tertiary/aromatic N) is 3. The van der Waals surface area contributed by atoms with Gasteiger partial charge in [0.25, 0.3) is 5.56 Å². The van der Waals surface area contributed by atoms with E-state index >= 15 is 0 Å². The third-order valence-electron chi connectivity index (χ3n) is 3.22. The van der Waals surface area contributed by atoms with Crippen LogP contribution >= 0.6 is 0 Å². The van der Waals surface area contributed by atoms with E-state index in [2.05, 4.69) is 10.1 Å². The van der Waals surface area contributed by atoms with Gasteiger partial charge in [0.05, 0.1) is 7.11 Å². The zero-order chi connectivity index (χ0) is 16.1. The summed E-state index contributed by atoms with van der Waals surface area (Å²) >= 11 is 0. The standard InChI is InChI=1S/C15H18N4O3/c1-18-14(20)10-13(17-15(18)21)19(2)16-9-8-11-4-6-12(22-3)7-5-11/h4-7,9-10H,8H2,1-3H3,(H,17,21). The molecule has 7 heteroatoms. The van der Waals surface area contributed by atoms with Crippen molar-refractivity contribution in [2.45, 2.75) is 6.42 Å². The van der Waals surface area contributed by atoms with Crippen molar-refractivity contribution in [3.8, 4) is 5.75 Å². The Hall–Kier alpha value is -2.83. The Morgan fingerprint density at radius 2 is 2.00 bits per heavy atom. The van der Waals surface area contributed by atoms with E-state index in [1.165, 1.54) is 18.1 Å². The first-order valence-corrected chi connectivity index (χ1v) is 6.70. The van der Waals surface area contributed by atoms with E-state index in [4.69, 9.17) is 4.74 Å². The van der Waals surface area contributed by atoms with Gasteiger partial charge in [-0.1, -0.05) is 12.1 Å². The molecule has 0 amide bonds. The smallest absolute Gasteiger partial charge is 0.329 e. The maximum Gasteiger partial charge on any atom is 0.329 e. The van der Waals surface area contributed by atoms with E-state index in [1.54, 1.807) is 20.4 Å². The molecule has 0 saturated carbocycles. The summed E-state index contributed by atoms with van der Waals surface area (Å²) in [5, 5.41) is 5.65. The van der Waals surface area contributed by atoms with Crippen LogP contribution in [0.25, 0.3) is 0 Å². The Kier molecular flexibility index (Phi) is 4.77. The predicted molar refractivity (Wildman–Crippen MR) is 85.9 cm³/mol. The number of hydrazone groups is 1. The molecule has 0 fully saturated rings. The van der Waals surface area contributed by atoms with E-state index in [1.807, 2.05) is 24.3 Å². The van der Waals surface area contributed by atoms with E-state index in [0.717, 1.165) is 15.9 Å². The highest BCUT2D eigenvalue weighted by Gasteiger charge is 2.03. The summed E-state index contributed by atoms with van der Waals surface area (Å²) in [6, 6.07) is 8.98. The molecule has 0 spiro atoms. The summed E-state index contributed by atoms with van der Waals surface area (Å²) < 4.78 is 6.09. The number of methoxy groups -OCH3 is 1. The minimum atomic E-state index is -0.472. The normalized spacial score (nSPS) is 10.9. The van der Waals surface area contributed by atoms with Crippen LogP contribution in [-0.4, -0.2) is 29.9 Å². The van der Waals surface area contributed by atoms with Crippen LogP contribution in [0.2, 0.25) is 0 Å². The first-order chi connectivity index (χ1) is 10.5. The van der Waals surface area contributed by atoms with Gasteiger partial charge in [0, 0.05) is 32.8 Å². The third kappa shape index (κ3) is 3.63. The number of hydrogen-bond donors (Lipinski definition) is 1. The van der Waals surface area contributed by atoms with Crippen LogP contribution in [0, 0.1) is 0 Å². The molecule has 22 heavy (non-hydrogen) atoms. The molecule has 7 nitrogen and oxygen atoms in total. The molecule has 1 aromatic heterocycles. The van der Waals surface area contributed by atoms with Crippen LogP contribution in [0.4, 0.5) is 5.82 Å². The number of nitrogens with one attached hydrogen (secondary N) is 1. The molecule has 0 radical (unpaired) electrons. The number of rotatable bonds is 5. The Bertz CT molecular complexity index is 743. The molecule has 0 aliphatic carbocycles. The summed E-state index contributed by atoms with van der Waals surface area (Å²) in [7, 11) is 4.70. The molecule has 0 saturated heterocycles. The fourth-order valence-electron chi connectivity index (χ4n) is 1.81. The Morgan fingerprint density at radius 3 is 2.59 bits per heavy atom. The quantitative estimate of drug-likeness (QED) is 0.653. The van der Waals surface area contributed by atoms with Gasteiger partial charge >= 0.3 is 5.69 Å². The molecule has 0 bridgehead atoms. The van der Waals surface area contributed by atoms with E-state index in [-0.39, 0.29) is 5.56 Å². The number of H-pyrrole nitrogens is 1. The van der Waals surface area contributed by atoms with Gasteiger partial charge in [-0.3, -0.25) is 19.4 Å². The van der Waals surface area contributed by atoms with E-state index in [9.17, 15) is 9.59 Å². The molecule has 1 aromatic carbocycles. The van der Waals surface area contributed by atoms with Gasteiger partial charge in [-0.15, -0.1) is 0 Å². The molecule has 1 N–H and O–H groups in total.